The molecular formula is C59H77N15O18S2. The second-order valence-corrected chi connectivity index (χ2v) is 24.4. The molecule has 1 saturated heterocycles. The number of benzene rings is 3. The Morgan fingerprint density at radius 1 is 0.479 bits per heavy atom. The Labute approximate surface area is 545 Å². The van der Waals surface area contributed by atoms with Gasteiger partial charge in [0.25, 0.3) is 0 Å². The number of aliphatic hydroxyl groups excluding tert-OH is 2. The molecule has 14 amide bonds. The van der Waals surface area contributed by atoms with Gasteiger partial charge in [0.2, 0.25) is 82.7 Å². The van der Waals surface area contributed by atoms with Gasteiger partial charge in [0.15, 0.2) is 0 Å². The van der Waals surface area contributed by atoms with E-state index in [1.807, 2.05) is 0 Å². The lowest BCUT2D eigenvalue weighted by Gasteiger charge is -2.27. The molecule has 508 valence electrons. The summed E-state index contributed by atoms with van der Waals surface area (Å²) in [4.78, 5) is 194. The predicted molar refractivity (Wildman–Crippen MR) is 339 cm³/mol. The summed E-state index contributed by atoms with van der Waals surface area (Å²) in [5, 5.41) is 68.3. The zero-order chi connectivity index (χ0) is 69.3. The number of primary amides is 3. The van der Waals surface area contributed by atoms with E-state index in [4.69, 9.17) is 17.2 Å². The van der Waals surface area contributed by atoms with Crippen LogP contribution in [0.5, 0.6) is 11.5 Å². The summed E-state index contributed by atoms with van der Waals surface area (Å²) >= 11 is 0. The lowest BCUT2D eigenvalue weighted by Crippen LogP contribution is -2.61. The van der Waals surface area contributed by atoms with Crippen LogP contribution in [0.2, 0.25) is 0 Å². The number of aliphatic hydroxyl groups is 2. The number of phenolic OH excluding ortho intramolecular Hbond substituents is 2. The van der Waals surface area contributed by atoms with E-state index in [0.717, 1.165) is 28.5 Å². The molecule has 1 fully saturated rings. The first-order valence-corrected chi connectivity index (χ1v) is 31.8. The summed E-state index contributed by atoms with van der Waals surface area (Å²) in [5.74, 6) is -15.4. The lowest BCUT2D eigenvalue weighted by atomic mass is 10.0. The third kappa shape index (κ3) is 23.6. The van der Waals surface area contributed by atoms with Gasteiger partial charge in [-0.3, -0.25) is 67.1 Å². The van der Waals surface area contributed by atoms with Crippen molar-refractivity contribution in [3.8, 4) is 11.5 Å². The highest BCUT2D eigenvalue weighted by Gasteiger charge is 2.36. The van der Waals surface area contributed by atoms with Gasteiger partial charge in [-0.2, -0.15) is 0 Å². The number of carbonyl (C=O) groups is 14. The monoisotopic (exact) mass is 1350 g/mol. The van der Waals surface area contributed by atoms with Crippen molar-refractivity contribution in [2.75, 3.05) is 24.7 Å². The number of carbonyl (C=O) groups excluding carboxylic acids is 14. The fourth-order valence-electron chi connectivity index (χ4n) is 9.22. The zero-order valence-corrected chi connectivity index (χ0v) is 52.8. The highest BCUT2D eigenvalue weighted by molar-refractivity contribution is 8.76. The fourth-order valence-corrected chi connectivity index (χ4v) is 11.6. The summed E-state index contributed by atoms with van der Waals surface area (Å²) in [6, 6.07) is -0.421. The van der Waals surface area contributed by atoms with Crippen LogP contribution in [0.1, 0.15) is 63.1 Å². The van der Waals surface area contributed by atoms with Crippen molar-refractivity contribution >= 4 is 115 Å². The molecule has 0 saturated carbocycles. The van der Waals surface area contributed by atoms with E-state index in [-0.39, 0.29) is 42.3 Å². The van der Waals surface area contributed by atoms with Gasteiger partial charge < -0.3 is 101 Å². The average molecular weight is 1350 g/mol. The van der Waals surface area contributed by atoms with Crippen molar-refractivity contribution in [1.29, 1.82) is 0 Å². The van der Waals surface area contributed by atoms with Crippen molar-refractivity contribution in [3.63, 3.8) is 0 Å². The smallest absolute Gasteiger partial charge is 0.245 e. The Morgan fingerprint density at radius 3 is 1.33 bits per heavy atom. The number of rotatable bonds is 16. The van der Waals surface area contributed by atoms with Crippen LogP contribution in [0.3, 0.4) is 0 Å². The number of aromatic nitrogens is 1. The first-order valence-electron chi connectivity index (χ1n) is 29.3. The number of hydrogen-bond acceptors (Lipinski definition) is 20. The molecule has 3 aromatic carbocycles. The number of aromatic hydroxyl groups is 2. The maximum Gasteiger partial charge on any atom is 0.245 e. The maximum atomic E-state index is 14.5. The number of para-hydroxylation sites is 1. The zero-order valence-electron chi connectivity index (χ0n) is 51.2. The van der Waals surface area contributed by atoms with E-state index in [1.54, 1.807) is 30.5 Å². The van der Waals surface area contributed by atoms with Crippen molar-refractivity contribution < 1.29 is 87.5 Å². The van der Waals surface area contributed by atoms with E-state index in [1.165, 1.54) is 62.4 Å². The van der Waals surface area contributed by atoms with Gasteiger partial charge in [0.05, 0.1) is 13.2 Å². The molecule has 0 spiro atoms. The minimum Gasteiger partial charge on any atom is -0.508 e. The maximum absolute atomic E-state index is 14.5. The number of aromatic amines is 1. The summed E-state index contributed by atoms with van der Waals surface area (Å²) in [6.07, 6.45) is -1.51. The summed E-state index contributed by atoms with van der Waals surface area (Å²) in [6.45, 7) is 1.23. The largest absolute Gasteiger partial charge is 0.508 e. The number of phenols is 2. The Morgan fingerprint density at radius 2 is 0.862 bits per heavy atom. The molecule has 2 heterocycles. The second-order valence-electron chi connectivity index (χ2n) is 21.9. The Balaban J connectivity index is 1.55. The van der Waals surface area contributed by atoms with Gasteiger partial charge in [0, 0.05) is 67.6 Å². The summed E-state index contributed by atoms with van der Waals surface area (Å²) in [5.41, 5.74) is 18.2. The first kappa shape index (κ1) is 74.7. The molecule has 94 heavy (non-hydrogen) atoms. The number of fused-ring (bicyclic) bond motifs is 1. The molecule has 35 heteroatoms. The van der Waals surface area contributed by atoms with Crippen molar-refractivity contribution in [1.82, 2.24) is 63.5 Å². The van der Waals surface area contributed by atoms with Gasteiger partial charge in [-0.15, -0.1) is 0 Å². The number of H-pyrrole nitrogens is 1. The first-order chi connectivity index (χ1) is 44.5. The van der Waals surface area contributed by atoms with Crippen molar-refractivity contribution in [2.45, 2.75) is 132 Å². The summed E-state index contributed by atoms with van der Waals surface area (Å²) in [7, 11) is 1.79. The molecule has 11 atom stereocenters. The molecule has 1 aromatic heterocycles. The van der Waals surface area contributed by atoms with Gasteiger partial charge >= 0.3 is 0 Å². The van der Waals surface area contributed by atoms with E-state index in [2.05, 4.69) is 63.5 Å². The lowest BCUT2D eigenvalue weighted by molar-refractivity contribution is -0.136. The molecule has 33 nitrogen and oxygen atoms in total. The second kappa shape index (κ2) is 36.3. The minimum atomic E-state index is -1.91. The average Bonchev–Trinajstić information content (AvgIpc) is 1.64. The van der Waals surface area contributed by atoms with Crippen LogP contribution in [0, 0.1) is 0 Å². The SMILES string of the molecule is CC(=O)N[C@H]1CSSCC(C(N)=O)NC(=O)[C@H](C)NC(=O)C(CCC(N)=O)NC(=O)[C@H](CO)NC(=O)C(Cc2ccc(O)cc2)NC(=O)[C@H](C)NC(=O)C(Cc2c[nH]c3ccccc23)NC(=O)[C@H](CO)NC(=O)[C@H](CCC(N)=O)NC(=O)C(Cc2ccc(O)cc2)NC1=O. The molecule has 22 N–H and O–H groups in total. The normalized spacial score (nSPS) is 24.3. The van der Waals surface area contributed by atoms with E-state index >= 15 is 0 Å². The number of hydrogen-bond donors (Lipinski definition) is 19. The van der Waals surface area contributed by atoms with Crippen LogP contribution in [0.4, 0.5) is 0 Å². The van der Waals surface area contributed by atoms with E-state index < -0.39 is 188 Å². The Bertz CT molecular complexity index is 3410. The Kier molecular flexibility index (Phi) is 28.9. The number of nitrogens with two attached hydrogens (primary N) is 3. The number of amides is 14. The molecular weight excluding hydrogens is 1270 g/mol. The molecule has 5 rings (SSSR count). The minimum absolute atomic E-state index is 0.159. The summed E-state index contributed by atoms with van der Waals surface area (Å²) < 4.78 is 0. The van der Waals surface area contributed by atoms with Crippen LogP contribution in [0.15, 0.2) is 79.0 Å². The molecule has 0 bridgehead atoms. The van der Waals surface area contributed by atoms with Crippen LogP contribution >= 0.6 is 21.6 Å². The standard InChI is InChI=1S/C59H77N15O18S2/c1-28-50(83)69-40(20-31-8-12-34(78)13-9-31)56(89)73-43(24-75)57(90)68-38(16-18-47(60)80)52(85)64-29(2)51(84)74-45(49(62)82)26-93-94-27-46(66-30(3)77)59(92)70-41(21-32-10-14-35(79)15-11-32)55(88)67-39(17-19-48(61)81)53(86)72-44(25-76)58(91)71-42(54(87)65-28)22-33-23-63-37-7-5-4-6-36(33)37/h4-15,23,28-29,38-46,63,75-76,78-79H,16-22,24-27H2,1-3H3,(H2,60,80)(H2,61,81)(H2,62,82)(H,64,85)(H,65,87)(H,66,77)(H,67,88)(H,68,90)(H,69,83)(H,70,92)(H,71,91)(H,72,86)(H,73,89)(H,74,84)/t28-,29-,38?,39-,40?,41?,42?,43-,44-,45?,46-/m0/s1. The van der Waals surface area contributed by atoms with Gasteiger partial charge in [0.1, 0.15) is 78.0 Å². The Hall–Kier alpha value is -10.0. The molecule has 5 unspecified atom stereocenters. The van der Waals surface area contributed by atoms with Gasteiger partial charge in [-0.25, -0.2) is 0 Å². The third-order valence-electron chi connectivity index (χ3n) is 14.4. The van der Waals surface area contributed by atoms with Crippen LogP contribution in [0.25, 0.3) is 10.9 Å². The molecule has 4 aromatic rings. The molecule has 1 aliphatic heterocycles. The van der Waals surface area contributed by atoms with E-state index in [9.17, 15) is 87.5 Å². The van der Waals surface area contributed by atoms with Gasteiger partial charge in [-0.1, -0.05) is 64.1 Å². The van der Waals surface area contributed by atoms with Crippen molar-refractivity contribution in [3.05, 3.63) is 95.7 Å². The topological polar surface area (TPSA) is 546 Å². The van der Waals surface area contributed by atoms with Gasteiger partial charge in [-0.05, 0) is 73.7 Å². The third-order valence-corrected chi connectivity index (χ3v) is 16.8. The number of nitrogens with one attached hydrogen (secondary N) is 12. The van der Waals surface area contributed by atoms with Crippen LogP contribution in [-0.4, -0.2) is 199 Å². The predicted octanol–water partition coefficient (Wildman–Crippen LogP) is -5.60. The highest BCUT2D eigenvalue weighted by Crippen LogP contribution is 2.24. The van der Waals surface area contributed by atoms with Crippen LogP contribution < -0.4 is 75.7 Å². The fraction of sp³-hybridized carbons (Fsp3) is 0.424. The van der Waals surface area contributed by atoms with Crippen molar-refractivity contribution in [2.24, 2.45) is 17.2 Å². The quantitative estimate of drug-likeness (QED) is 0.0465. The molecule has 1 aliphatic rings. The van der Waals surface area contributed by atoms with E-state index in [0.29, 0.717) is 27.6 Å². The molecule has 0 radical (unpaired) electrons. The highest BCUT2D eigenvalue weighted by atomic mass is 33.1. The molecule has 0 aliphatic carbocycles. The van der Waals surface area contributed by atoms with Crippen LogP contribution in [-0.2, 0) is 86.4 Å².